The zero-order chi connectivity index (χ0) is 17.9. The minimum atomic E-state index is 0.213. The summed E-state index contributed by atoms with van der Waals surface area (Å²) in [5, 5.41) is 12.1. The molecule has 4 rings (SSSR count). The summed E-state index contributed by atoms with van der Waals surface area (Å²) < 4.78 is 16.6. The van der Waals surface area contributed by atoms with E-state index in [4.69, 9.17) is 14.2 Å². The first kappa shape index (κ1) is 16.2. The molecule has 26 heavy (non-hydrogen) atoms. The molecule has 0 unspecified atom stereocenters. The number of fused-ring (bicyclic) bond motifs is 1. The topological polar surface area (TPSA) is 68.6 Å². The number of hydrogen-bond donors (Lipinski definition) is 0. The van der Waals surface area contributed by atoms with Gasteiger partial charge in [0.15, 0.2) is 16.6 Å². The Labute approximate surface area is 154 Å². The Balaban J connectivity index is 1.56. The Morgan fingerprint density at radius 3 is 2.73 bits per heavy atom. The lowest BCUT2D eigenvalue weighted by atomic mass is 10.0. The summed E-state index contributed by atoms with van der Waals surface area (Å²) >= 11 is 1.38. The third kappa shape index (κ3) is 3.01. The summed E-state index contributed by atoms with van der Waals surface area (Å²) in [5.74, 6) is 1.38. The van der Waals surface area contributed by atoms with Crippen LogP contribution in [-0.4, -0.2) is 13.1 Å². The van der Waals surface area contributed by atoms with Crippen molar-refractivity contribution in [3.63, 3.8) is 0 Å². The van der Waals surface area contributed by atoms with Gasteiger partial charge in [-0.25, -0.2) is 0 Å². The molecule has 0 saturated heterocycles. The molecule has 0 aliphatic carbocycles. The van der Waals surface area contributed by atoms with Crippen molar-refractivity contribution < 1.29 is 19.0 Å². The normalized spacial score (nSPS) is 11.8. The number of nitriles is 1. The maximum atomic E-state index is 10.7. The van der Waals surface area contributed by atoms with Crippen LogP contribution in [0.5, 0.6) is 16.6 Å². The highest BCUT2D eigenvalue weighted by molar-refractivity contribution is 7.12. The van der Waals surface area contributed by atoms with E-state index in [1.54, 1.807) is 12.1 Å². The van der Waals surface area contributed by atoms with Gasteiger partial charge in [0, 0.05) is 16.5 Å². The predicted octanol–water partition coefficient (Wildman–Crippen LogP) is 4.41. The number of ether oxygens (including phenoxy) is 3. The standard InChI is InChI=1S/C20H13NO4S/c21-8-16-17(15-5-6-18-19(7-15)25-12-24-18)11-26-20(16)23-10-14-3-1-13(9-22)2-4-14/h1-7,9,11H,10,12H2. The highest BCUT2D eigenvalue weighted by Gasteiger charge is 2.18. The third-order valence-corrected chi connectivity index (χ3v) is 4.93. The van der Waals surface area contributed by atoms with Crippen molar-refractivity contribution in [2.24, 2.45) is 0 Å². The Morgan fingerprint density at radius 1 is 1.15 bits per heavy atom. The van der Waals surface area contributed by atoms with Crippen LogP contribution in [0.3, 0.4) is 0 Å². The molecule has 1 aliphatic heterocycles. The monoisotopic (exact) mass is 363 g/mol. The Morgan fingerprint density at radius 2 is 1.96 bits per heavy atom. The first-order chi connectivity index (χ1) is 12.8. The lowest BCUT2D eigenvalue weighted by Crippen LogP contribution is -1.95. The van der Waals surface area contributed by atoms with Crippen LogP contribution in [0, 0.1) is 11.3 Å². The van der Waals surface area contributed by atoms with E-state index in [1.807, 2.05) is 35.7 Å². The number of carbonyl (C=O) groups is 1. The van der Waals surface area contributed by atoms with Gasteiger partial charge in [-0.05, 0) is 23.3 Å². The largest absolute Gasteiger partial charge is 0.478 e. The molecule has 0 bridgehead atoms. The molecule has 1 aliphatic rings. The van der Waals surface area contributed by atoms with Gasteiger partial charge in [0.05, 0.1) is 0 Å². The number of aldehydes is 1. The SMILES string of the molecule is N#Cc1c(-c2ccc3c(c2)OCO3)csc1OCc1ccc(C=O)cc1. The van der Waals surface area contributed by atoms with E-state index in [9.17, 15) is 10.1 Å². The number of benzene rings is 2. The number of hydrogen-bond acceptors (Lipinski definition) is 6. The molecular formula is C20H13NO4S. The lowest BCUT2D eigenvalue weighted by Gasteiger charge is -2.06. The van der Waals surface area contributed by atoms with Gasteiger partial charge in [-0.2, -0.15) is 5.26 Å². The molecular weight excluding hydrogens is 350 g/mol. The van der Waals surface area contributed by atoms with Crippen LogP contribution in [0.1, 0.15) is 21.5 Å². The van der Waals surface area contributed by atoms with E-state index < -0.39 is 0 Å². The van der Waals surface area contributed by atoms with Crippen LogP contribution in [0.4, 0.5) is 0 Å². The first-order valence-electron chi connectivity index (χ1n) is 7.87. The molecule has 5 nitrogen and oxygen atoms in total. The lowest BCUT2D eigenvalue weighted by molar-refractivity contribution is 0.112. The Bertz CT molecular complexity index is 1000. The van der Waals surface area contributed by atoms with Crippen molar-refractivity contribution in [3.05, 3.63) is 64.5 Å². The molecule has 0 spiro atoms. The summed E-state index contributed by atoms with van der Waals surface area (Å²) in [7, 11) is 0. The quantitative estimate of drug-likeness (QED) is 0.628. The van der Waals surface area contributed by atoms with Crippen LogP contribution in [0.15, 0.2) is 47.8 Å². The van der Waals surface area contributed by atoms with Crippen LogP contribution < -0.4 is 14.2 Å². The zero-order valence-corrected chi connectivity index (χ0v) is 14.4. The second-order valence-electron chi connectivity index (χ2n) is 5.64. The van der Waals surface area contributed by atoms with Crippen molar-refractivity contribution in [1.29, 1.82) is 5.26 Å². The number of nitrogens with zero attached hydrogens (tertiary/aromatic N) is 1. The highest BCUT2D eigenvalue weighted by atomic mass is 32.1. The molecule has 2 heterocycles. The summed E-state index contributed by atoms with van der Waals surface area (Å²) in [6.45, 7) is 0.541. The number of thiophene rings is 1. The fraction of sp³-hybridized carbons (Fsp3) is 0.100. The molecule has 0 atom stereocenters. The molecule has 2 aromatic carbocycles. The van der Waals surface area contributed by atoms with Crippen LogP contribution in [-0.2, 0) is 6.61 Å². The predicted molar refractivity (Wildman–Crippen MR) is 96.8 cm³/mol. The van der Waals surface area contributed by atoms with E-state index in [0.717, 1.165) is 23.0 Å². The van der Waals surface area contributed by atoms with Gasteiger partial charge in [0.25, 0.3) is 0 Å². The van der Waals surface area contributed by atoms with Crippen LogP contribution in [0.2, 0.25) is 0 Å². The Kier molecular flexibility index (Phi) is 4.30. The fourth-order valence-electron chi connectivity index (χ4n) is 2.67. The zero-order valence-electron chi connectivity index (χ0n) is 13.6. The second-order valence-corrected chi connectivity index (χ2v) is 6.48. The smallest absolute Gasteiger partial charge is 0.231 e. The Hall–Kier alpha value is -3.30. The van der Waals surface area contributed by atoms with Gasteiger partial charge in [-0.3, -0.25) is 4.79 Å². The average Bonchev–Trinajstić information content (AvgIpc) is 3.32. The molecule has 0 fully saturated rings. The summed E-state index contributed by atoms with van der Waals surface area (Å²) in [5.41, 5.74) is 3.73. The van der Waals surface area contributed by atoms with Crippen molar-refractivity contribution in [1.82, 2.24) is 0 Å². The first-order valence-corrected chi connectivity index (χ1v) is 8.75. The molecule has 6 heteroatoms. The van der Waals surface area contributed by atoms with Crippen molar-refractivity contribution >= 4 is 17.6 Å². The molecule has 0 amide bonds. The van der Waals surface area contributed by atoms with Crippen LogP contribution in [0.25, 0.3) is 11.1 Å². The van der Waals surface area contributed by atoms with E-state index in [-0.39, 0.29) is 6.79 Å². The molecule has 0 N–H and O–H groups in total. The number of rotatable bonds is 5. The molecule has 1 aromatic heterocycles. The molecule has 0 saturated carbocycles. The van der Waals surface area contributed by atoms with Gasteiger partial charge < -0.3 is 14.2 Å². The minimum Gasteiger partial charge on any atom is -0.478 e. The van der Waals surface area contributed by atoms with Crippen molar-refractivity contribution in [3.8, 4) is 33.8 Å². The van der Waals surface area contributed by atoms with E-state index in [0.29, 0.717) is 34.3 Å². The molecule has 128 valence electrons. The summed E-state index contributed by atoms with van der Waals surface area (Å²) in [6, 6.07) is 15.0. The second kappa shape index (κ2) is 6.90. The van der Waals surface area contributed by atoms with Gasteiger partial charge in [-0.15, -0.1) is 11.3 Å². The molecule has 0 radical (unpaired) electrons. The maximum Gasteiger partial charge on any atom is 0.231 e. The summed E-state index contributed by atoms with van der Waals surface area (Å²) in [4.78, 5) is 10.7. The van der Waals surface area contributed by atoms with E-state index in [1.165, 1.54) is 11.3 Å². The molecule has 3 aromatic rings. The highest BCUT2D eigenvalue weighted by Crippen LogP contribution is 2.41. The minimum absolute atomic E-state index is 0.213. The van der Waals surface area contributed by atoms with Gasteiger partial charge in [-0.1, -0.05) is 30.3 Å². The summed E-state index contributed by atoms with van der Waals surface area (Å²) in [6.07, 6.45) is 0.801. The fourth-order valence-corrected chi connectivity index (χ4v) is 3.55. The van der Waals surface area contributed by atoms with Crippen molar-refractivity contribution in [2.45, 2.75) is 6.61 Å². The van der Waals surface area contributed by atoms with E-state index >= 15 is 0 Å². The number of carbonyl (C=O) groups excluding carboxylic acids is 1. The van der Waals surface area contributed by atoms with E-state index in [2.05, 4.69) is 6.07 Å². The van der Waals surface area contributed by atoms with Crippen molar-refractivity contribution in [2.75, 3.05) is 6.79 Å². The van der Waals surface area contributed by atoms with Crippen LogP contribution >= 0.6 is 11.3 Å². The average molecular weight is 363 g/mol. The maximum absolute atomic E-state index is 10.7. The van der Waals surface area contributed by atoms with Gasteiger partial charge in [0.1, 0.15) is 24.5 Å². The third-order valence-electron chi connectivity index (χ3n) is 4.04. The van der Waals surface area contributed by atoms with Gasteiger partial charge >= 0.3 is 0 Å². The van der Waals surface area contributed by atoms with Gasteiger partial charge in [0.2, 0.25) is 6.79 Å².